The maximum Gasteiger partial charge on any atom is 0.320 e. The molecule has 7 nitrogen and oxygen atoms in total. The van der Waals surface area contributed by atoms with Crippen LogP contribution in [-0.4, -0.2) is 27.4 Å². The van der Waals surface area contributed by atoms with Crippen molar-refractivity contribution < 1.29 is 9.32 Å². The third kappa shape index (κ3) is 4.42. The van der Waals surface area contributed by atoms with Gasteiger partial charge in [0.2, 0.25) is 5.82 Å². The average molecular weight is 410 g/mol. The molecule has 0 atom stereocenters. The number of aromatic nitrogens is 3. The minimum absolute atomic E-state index is 0.272. The van der Waals surface area contributed by atoms with E-state index in [-0.39, 0.29) is 6.03 Å². The highest BCUT2D eigenvalue weighted by Gasteiger charge is 2.41. The third-order valence-corrected chi connectivity index (χ3v) is 5.87. The van der Waals surface area contributed by atoms with Gasteiger partial charge >= 0.3 is 6.03 Å². The van der Waals surface area contributed by atoms with Crippen molar-refractivity contribution in [3.8, 4) is 11.4 Å². The monoisotopic (exact) mass is 409 g/mol. The molecule has 150 valence electrons. The van der Waals surface area contributed by atoms with E-state index in [0.29, 0.717) is 11.7 Å². The number of thioether (sulfide) groups is 1. The second-order valence-corrected chi connectivity index (χ2v) is 8.00. The van der Waals surface area contributed by atoms with Gasteiger partial charge in [-0.05, 0) is 49.4 Å². The van der Waals surface area contributed by atoms with E-state index in [1.807, 2.05) is 42.7 Å². The molecule has 8 heteroatoms. The summed E-state index contributed by atoms with van der Waals surface area (Å²) >= 11 is 1.63. The van der Waals surface area contributed by atoms with Crippen LogP contribution in [0.1, 0.15) is 38.0 Å². The van der Waals surface area contributed by atoms with Gasteiger partial charge in [0.05, 0.1) is 0 Å². The molecule has 0 radical (unpaired) electrons. The lowest BCUT2D eigenvalue weighted by Crippen LogP contribution is -2.49. The Kier molecular flexibility index (Phi) is 5.80. The zero-order valence-electron chi connectivity index (χ0n) is 16.2. The Morgan fingerprint density at radius 3 is 2.79 bits per heavy atom. The summed E-state index contributed by atoms with van der Waals surface area (Å²) in [4.78, 5) is 22.6. The fourth-order valence-electron chi connectivity index (χ4n) is 3.66. The summed E-state index contributed by atoms with van der Waals surface area (Å²) in [6.07, 6.45) is 10.0. The molecule has 1 aliphatic carbocycles. The number of hydrogen-bond acceptors (Lipinski definition) is 6. The van der Waals surface area contributed by atoms with Crippen LogP contribution in [0.4, 0.5) is 10.5 Å². The number of pyridine rings is 1. The Morgan fingerprint density at radius 1 is 1.17 bits per heavy atom. The van der Waals surface area contributed by atoms with Gasteiger partial charge in [0, 0.05) is 28.5 Å². The molecule has 29 heavy (non-hydrogen) atoms. The van der Waals surface area contributed by atoms with Gasteiger partial charge in [0.25, 0.3) is 5.89 Å². The van der Waals surface area contributed by atoms with E-state index in [9.17, 15) is 4.79 Å². The SMILES string of the molecule is CSc1cccc(NC(=O)NC2(c3nc(-c4cccnc4)no3)CCCCC2)c1. The van der Waals surface area contributed by atoms with Crippen molar-refractivity contribution in [2.24, 2.45) is 0 Å². The first-order chi connectivity index (χ1) is 14.2. The van der Waals surface area contributed by atoms with Gasteiger partial charge in [-0.25, -0.2) is 4.79 Å². The van der Waals surface area contributed by atoms with Crippen LogP contribution in [-0.2, 0) is 5.54 Å². The number of amides is 2. The van der Waals surface area contributed by atoms with Gasteiger partial charge in [-0.3, -0.25) is 4.98 Å². The Morgan fingerprint density at radius 2 is 2.03 bits per heavy atom. The highest BCUT2D eigenvalue weighted by molar-refractivity contribution is 7.98. The van der Waals surface area contributed by atoms with Crippen LogP contribution in [0.5, 0.6) is 0 Å². The van der Waals surface area contributed by atoms with Gasteiger partial charge in [0.15, 0.2) is 0 Å². The van der Waals surface area contributed by atoms with Crippen LogP contribution in [0.25, 0.3) is 11.4 Å². The van der Waals surface area contributed by atoms with E-state index in [1.54, 1.807) is 24.2 Å². The highest BCUT2D eigenvalue weighted by atomic mass is 32.2. The molecule has 3 aromatic rings. The molecule has 1 aromatic carbocycles. The summed E-state index contributed by atoms with van der Waals surface area (Å²) in [6, 6.07) is 11.2. The number of urea groups is 1. The van der Waals surface area contributed by atoms with Gasteiger partial charge in [-0.1, -0.05) is 30.5 Å². The van der Waals surface area contributed by atoms with Gasteiger partial charge < -0.3 is 15.2 Å². The maximum absolute atomic E-state index is 12.8. The second-order valence-electron chi connectivity index (χ2n) is 7.12. The number of carbonyl (C=O) groups excluding carboxylic acids is 1. The lowest BCUT2D eigenvalue weighted by molar-refractivity contribution is 0.173. The van der Waals surface area contributed by atoms with Crippen LogP contribution in [0.3, 0.4) is 0 Å². The summed E-state index contributed by atoms with van der Waals surface area (Å²) in [5.41, 5.74) is 0.876. The normalized spacial score (nSPS) is 15.6. The Balaban J connectivity index is 1.55. The third-order valence-electron chi connectivity index (χ3n) is 5.14. The molecule has 0 aliphatic heterocycles. The van der Waals surface area contributed by atoms with E-state index in [0.717, 1.165) is 48.3 Å². The molecule has 1 saturated carbocycles. The number of nitrogens with one attached hydrogen (secondary N) is 2. The largest absolute Gasteiger partial charge is 0.336 e. The van der Waals surface area contributed by atoms with Crippen LogP contribution < -0.4 is 10.6 Å². The molecule has 2 heterocycles. The summed E-state index contributed by atoms with van der Waals surface area (Å²) in [5, 5.41) is 10.2. The first-order valence-corrected chi connectivity index (χ1v) is 10.9. The lowest BCUT2D eigenvalue weighted by Gasteiger charge is -2.34. The molecule has 1 aliphatic rings. The standard InChI is InChI=1S/C21H23N5O2S/c1-29-17-9-5-8-16(13-17)23-20(27)25-21(10-3-2-4-11-21)19-24-18(26-28-19)15-7-6-12-22-14-15/h5-9,12-14H,2-4,10-11H2,1H3,(H2,23,25,27). The van der Waals surface area contributed by atoms with Crippen molar-refractivity contribution in [2.75, 3.05) is 11.6 Å². The Labute approximate surface area is 173 Å². The summed E-state index contributed by atoms with van der Waals surface area (Å²) < 4.78 is 5.61. The predicted molar refractivity (Wildman–Crippen MR) is 113 cm³/mol. The number of nitrogens with zero attached hydrogens (tertiary/aromatic N) is 3. The number of rotatable bonds is 5. The fourth-order valence-corrected chi connectivity index (χ4v) is 4.12. The van der Waals surface area contributed by atoms with Crippen molar-refractivity contribution in [3.63, 3.8) is 0 Å². The quantitative estimate of drug-likeness (QED) is 0.586. The Hall–Kier alpha value is -2.87. The van der Waals surface area contributed by atoms with Crippen LogP contribution in [0.15, 0.2) is 58.2 Å². The smallest absolute Gasteiger partial charge is 0.320 e. The molecule has 2 N–H and O–H groups in total. The van der Waals surface area contributed by atoms with Crippen LogP contribution in [0, 0.1) is 0 Å². The lowest BCUT2D eigenvalue weighted by atomic mass is 9.81. The van der Waals surface area contributed by atoms with Gasteiger partial charge in [-0.2, -0.15) is 4.98 Å². The molecule has 0 unspecified atom stereocenters. The minimum Gasteiger partial charge on any atom is -0.336 e. The van der Waals surface area contributed by atoms with Crippen LogP contribution in [0.2, 0.25) is 0 Å². The number of anilines is 1. The molecular formula is C21H23N5O2S. The van der Waals surface area contributed by atoms with E-state index >= 15 is 0 Å². The summed E-state index contributed by atoms with van der Waals surface area (Å²) in [5.74, 6) is 0.928. The first-order valence-electron chi connectivity index (χ1n) is 9.66. The van der Waals surface area contributed by atoms with E-state index < -0.39 is 5.54 Å². The van der Waals surface area contributed by atoms with Crippen molar-refractivity contribution >= 4 is 23.5 Å². The first kappa shape index (κ1) is 19.4. The van der Waals surface area contributed by atoms with Crippen molar-refractivity contribution in [2.45, 2.75) is 42.5 Å². The average Bonchev–Trinajstić information content (AvgIpc) is 3.26. The zero-order valence-corrected chi connectivity index (χ0v) is 17.0. The Bertz CT molecular complexity index is 970. The summed E-state index contributed by atoms with van der Waals surface area (Å²) in [7, 11) is 0. The van der Waals surface area contributed by atoms with E-state index in [1.165, 1.54) is 0 Å². The maximum atomic E-state index is 12.8. The molecular weight excluding hydrogens is 386 g/mol. The second kappa shape index (κ2) is 8.65. The molecule has 1 fully saturated rings. The fraction of sp³-hybridized carbons (Fsp3) is 0.333. The van der Waals surface area contributed by atoms with Crippen molar-refractivity contribution in [1.82, 2.24) is 20.4 Å². The van der Waals surface area contributed by atoms with Gasteiger partial charge in [-0.15, -0.1) is 11.8 Å². The van der Waals surface area contributed by atoms with E-state index in [2.05, 4.69) is 25.8 Å². The summed E-state index contributed by atoms with van der Waals surface area (Å²) in [6.45, 7) is 0. The zero-order chi connectivity index (χ0) is 20.1. The molecule has 0 saturated heterocycles. The predicted octanol–water partition coefficient (Wildman–Crippen LogP) is 4.83. The molecule has 4 rings (SSSR count). The molecule has 2 amide bonds. The topological polar surface area (TPSA) is 92.9 Å². The van der Waals surface area contributed by atoms with Crippen LogP contribution >= 0.6 is 11.8 Å². The van der Waals surface area contributed by atoms with Gasteiger partial charge in [0.1, 0.15) is 5.54 Å². The number of carbonyl (C=O) groups is 1. The van der Waals surface area contributed by atoms with E-state index in [4.69, 9.17) is 4.52 Å². The van der Waals surface area contributed by atoms with Crippen molar-refractivity contribution in [3.05, 3.63) is 54.7 Å². The minimum atomic E-state index is -0.660. The molecule has 2 aromatic heterocycles. The number of hydrogen-bond donors (Lipinski definition) is 2. The number of benzene rings is 1. The molecule has 0 spiro atoms. The molecule has 0 bridgehead atoms. The van der Waals surface area contributed by atoms with Crippen molar-refractivity contribution in [1.29, 1.82) is 0 Å². The highest BCUT2D eigenvalue weighted by Crippen LogP contribution is 2.37.